The minimum absolute atomic E-state index is 0.0977. The van der Waals surface area contributed by atoms with Gasteiger partial charge in [-0.15, -0.1) is 0 Å². The molecule has 1 aromatic carbocycles. The summed E-state index contributed by atoms with van der Waals surface area (Å²) in [7, 11) is 0. The number of para-hydroxylation sites is 1. The molecule has 3 heteroatoms. The van der Waals surface area contributed by atoms with Gasteiger partial charge in [-0.25, -0.2) is 0 Å². The molecule has 0 fully saturated rings. The summed E-state index contributed by atoms with van der Waals surface area (Å²) >= 11 is 0. The van der Waals surface area contributed by atoms with E-state index in [0.717, 1.165) is 13.0 Å². The second kappa shape index (κ2) is 8.70. The van der Waals surface area contributed by atoms with Crippen molar-refractivity contribution in [1.82, 2.24) is 5.32 Å². The maximum atomic E-state index is 12.4. The largest absolute Gasteiger partial charge is 0.493 e. The number of carbonyl (C=O) groups excluding carboxylic acids is 1. The number of hydrogen-bond donors (Lipinski definition) is 1. The zero-order chi connectivity index (χ0) is 14.1. The Morgan fingerprint density at radius 3 is 2.68 bits per heavy atom. The summed E-state index contributed by atoms with van der Waals surface area (Å²) in [6.45, 7) is 7.47. The summed E-state index contributed by atoms with van der Waals surface area (Å²) in [5, 5.41) is 3.28. The fraction of sp³-hybridized carbons (Fsp3) is 0.562. The Bertz CT molecular complexity index is 390. The van der Waals surface area contributed by atoms with Crippen molar-refractivity contribution in [1.29, 1.82) is 0 Å². The minimum atomic E-state index is -0.168. The molecule has 0 amide bonds. The summed E-state index contributed by atoms with van der Waals surface area (Å²) in [5.41, 5.74) is 0.667. The van der Waals surface area contributed by atoms with Crippen LogP contribution in [0.3, 0.4) is 0 Å². The van der Waals surface area contributed by atoms with Crippen molar-refractivity contribution in [3.63, 3.8) is 0 Å². The highest BCUT2D eigenvalue weighted by Gasteiger charge is 2.18. The summed E-state index contributed by atoms with van der Waals surface area (Å²) in [4.78, 5) is 12.4. The number of Topliss-reactive ketones (excluding diaryl/α,β-unsaturated/α-hetero) is 1. The van der Waals surface area contributed by atoms with Crippen molar-refractivity contribution in [2.45, 2.75) is 46.1 Å². The number of ketones is 1. The van der Waals surface area contributed by atoms with Crippen molar-refractivity contribution in [3.8, 4) is 5.75 Å². The van der Waals surface area contributed by atoms with E-state index in [4.69, 9.17) is 4.74 Å². The quantitative estimate of drug-likeness (QED) is 0.548. The molecule has 0 radical (unpaired) electrons. The minimum Gasteiger partial charge on any atom is -0.493 e. The highest BCUT2D eigenvalue weighted by molar-refractivity contribution is 6.02. The Morgan fingerprint density at radius 1 is 1.26 bits per heavy atom. The predicted octanol–water partition coefficient (Wildman–Crippen LogP) is 3.44. The van der Waals surface area contributed by atoms with Crippen LogP contribution in [0.25, 0.3) is 0 Å². The van der Waals surface area contributed by atoms with Crippen LogP contribution in [0.5, 0.6) is 5.75 Å². The zero-order valence-corrected chi connectivity index (χ0v) is 12.2. The third-order valence-electron chi connectivity index (χ3n) is 3.08. The van der Waals surface area contributed by atoms with Gasteiger partial charge >= 0.3 is 0 Å². The Balaban J connectivity index is 2.60. The van der Waals surface area contributed by atoms with E-state index in [1.807, 2.05) is 38.1 Å². The van der Waals surface area contributed by atoms with Crippen molar-refractivity contribution in [2.24, 2.45) is 0 Å². The molecule has 1 aromatic rings. The van der Waals surface area contributed by atoms with Crippen LogP contribution in [0.4, 0.5) is 0 Å². The van der Waals surface area contributed by atoms with Gasteiger partial charge in [-0.2, -0.15) is 0 Å². The highest BCUT2D eigenvalue weighted by atomic mass is 16.5. The smallest absolute Gasteiger partial charge is 0.183 e. The lowest BCUT2D eigenvalue weighted by molar-refractivity contribution is 0.0947. The van der Waals surface area contributed by atoms with Crippen molar-refractivity contribution in [2.75, 3.05) is 13.2 Å². The van der Waals surface area contributed by atoms with Gasteiger partial charge in [0.05, 0.1) is 18.2 Å². The van der Waals surface area contributed by atoms with Crippen molar-refractivity contribution < 1.29 is 9.53 Å². The SMILES string of the molecule is CCCCCNC(C)C(=O)c1ccccc1OCC. The van der Waals surface area contributed by atoms with Crippen LogP contribution in [0.15, 0.2) is 24.3 Å². The molecule has 0 aromatic heterocycles. The molecule has 0 saturated carbocycles. The first-order valence-corrected chi connectivity index (χ1v) is 7.20. The van der Waals surface area contributed by atoms with Gasteiger partial charge in [-0.3, -0.25) is 4.79 Å². The lowest BCUT2D eigenvalue weighted by Crippen LogP contribution is -2.34. The van der Waals surface area contributed by atoms with Crippen LogP contribution in [-0.4, -0.2) is 25.0 Å². The van der Waals surface area contributed by atoms with Gasteiger partial charge in [-0.1, -0.05) is 31.9 Å². The summed E-state index contributed by atoms with van der Waals surface area (Å²) in [6.07, 6.45) is 3.50. The first-order chi connectivity index (χ1) is 9.20. The fourth-order valence-electron chi connectivity index (χ4n) is 1.97. The summed E-state index contributed by atoms with van der Waals surface area (Å²) in [6, 6.07) is 7.28. The van der Waals surface area contributed by atoms with E-state index in [2.05, 4.69) is 12.2 Å². The molecule has 1 N–H and O–H groups in total. The molecule has 106 valence electrons. The highest BCUT2D eigenvalue weighted by Crippen LogP contribution is 2.19. The van der Waals surface area contributed by atoms with Crippen LogP contribution >= 0.6 is 0 Å². The van der Waals surface area contributed by atoms with E-state index >= 15 is 0 Å². The molecule has 0 spiro atoms. The maximum Gasteiger partial charge on any atom is 0.183 e. The third kappa shape index (κ3) is 5.03. The number of unbranched alkanes of at least 4 members (excludes halogenated alkanes) is 2. The molecule has 1 rings (SSSR count). The normalized spacial score (nSPS) is 12.2. The van der Waals surface area contributed by atoms with Crippen molar-refractivity contribution >= 4 is 5.78 Å². The number of ether oxygens (including phenoxy) is 1. The second-order valence-corrected chi connectivity index (χ2v) is 4.68. The molecular formula is C16H25NO2. The van der Waals surface area contributed by atoms with Gasteiger partial charge in [0.1, 0.15) is 5.75 Å². The predicted molar refractivity (Wildman–Crippen MR) is 78.9 cm³/mol. The molecule has 0 saturated heterocycles. The Kier molecular flexibility index (Phi) is 7.19. The van der Waals surface area contributed by atoms with Crippen LogP contribution < -0.4 is 10.1 Å². The van der Waals surface area contributed by atoms with Gasteiger partial charge in [0.2, 0.25) is 0 Å². The number of nitrogens with one attached hydrogen (secondary N) is 1. The number of hydrogen-bond acceptors (Lipinski definition) is 3. The van der Waals surface area contributed by atoms with Crippen LogP contribution in [0.1, 0.15) is 50.4 Å². The van der Waals surface area contributed by atoms with E-state index in [1.165, 1.54) is 12.8 Å². The standard InChI is InChI=1S/C16H25NO2/c1-4-6-9-12-17-13(3)16(18)14-10-7-8-11-15(14)19-5-2/h7-8,10-11,13,17H,4-6,9,12H2,1-3H3. The van der Waals surface area contributed by atoms with Crippen molar-refractivity contribution in [3.05, 3.63) is 29.8 Å². The summed E-state index contributed by atoms with van der Waals surface area (Å²) in [5.74, 6) is 0.776. The zero-order valence-electron chi connectivity index (χ0n) is 12.2. The van der Waals surface area contributed by atoms with Gasteiger partial charge in [0, 0.05) is 0 Å². The van der Waals surface area contributed by atoms with Crippen LogP contribution in [0, 0.1) is 0 Å². The first kappa shape index (κ1) is 15.7. The Morgan fingerprint density at radius 2 is 2.00 bits per heavy atom. The number of rotatable bonds is 9. The van der Waals surface area contributed by atoms with Gasteiger partial charge < -0.3 is 10.1 Å². The molecule has 19 heavy (non-hydrogen) atoms. The molecular weight excluding hydrogens is 238 g/mol. The van der Waals surface area contributed by atoms with Crippen LogP contribution in [0.2, 0.25) is 0 Å². The van der Waals surface area contributed by atoms with Crippen LogP contribution in [-0.2, 0) is 0 Å². The van der Waals surface area contributed by atoms with E-state index < -0.39 is 0 Å². The lowest BCUT2D eigenvalue weighted by atomic mass is 10.0. The maximum absolute atomic E-state index is 12.4. The Labute approximate surface area is 116 Å². The molecule has 0 aliphatic heterocycles. The molecule has 1 unspecified atom stereocenters. The van der Waals surface area contributed by atoms with E-state index in [9.17, 15) is 4.79 Å². The summed E-state index contributed by atoms with van der Waals surface area (Å²) < 4.78 is 5.50. The average Bonchev–Trinajstić information content (AvgIpc) is 2.43. The number of carbonyl (C=O) groups is 1. The molecule has 0 heterocycles. The topological polar surface area (TPSA) is 38.3 Å². The fourth-order valence-corrected chi connectivity index (χ4v) is 1.97. The molecule has 0 aliphatic rings. The first-order valence-electron chi connectivity index (χ1n) is 7.20. The Hall–Kier alpha value is -1.35. The van der Waals surface area contributed by atoms with Gasteiger partial charge in [0.15, 0.2) is 5.78 Å². The monoisotopic (exact) mass is 263 g/mol. The third-order valence-corrected chi connectivity index (χ3v) is 3.08. The van der Waals surface area contributed by atoms with E-state index in [-0.39, 0.29) is 11.8 Å². The molecule has 3 nitrogen and oxygen atoms in total. The average molecular weight is 263 g/mol. The molecule has 1 atom stereocenters. The second-order valence-electron chi connectivity index (χ2n) is 4.68. The van der Waals surface area contributed by atoms with Gasteiger partial charge in [-0.05, 0) is 38.9 Å². The van der Waals surface area contributed by atoms with Gasteiger partial charge in [0.25, 0.3) is 0 Å². The lowest BCUT2D eigenvalue weighted by Gasteiger charge is -2.15. The number of benzene rings is 1. The molecule has 0 bridgehead atoms. The van der Waals surface area contributed by atoms with E-state index in [0.29, 0.717) is 17.9 Å². The van der Waals surface area contributed by atoms with E-state index in [1.54, 1.807) is 0 Å². The molecule has 0 aliphatic carbocycles.